The van der Waals surface area contributed by atoms with Gasteiger partial charge in [-0.15, -0.1) is 0 Å². The second-order valence-electron chi connectivity index (χ2n) is 13.8. The van der Waals surface area contributed by atoms with Crippen LogP contribution >= 0.6 is 0 Å². The normalized spacial score (nSPS) is 19.7. The van der Waals surface area contributed by atoms with Crippen molar-refractivity contribution in [3.05, 3.63) is 143 Å². The summed E-state index contributed by atoms with van der Waals surface area (Å²) in [6.45, 7) is 14.3. The minimum Gasteiger partial charge on any atom is -0.491 e. The lowest BCUT2D eigenvalue weighted by Gasteiger charge is -2.30. The minimum absolute atomic E-state index is 0.0182. The largest absolute Gasteiger partial charge is 0.491 e. The summed E-state index contributed by atoms with van der Waals surface area (Å²) in [7, 11) is 0. The Balaban J connectivity index is 1.04. The first-order chi connectivity index (χ1) is 25.3. The molecule has 0 radical (unpaired) electrons. The first kappa shape index (κ1) is 34.4. The minimum atomic E-state index is -0.0182. The molecule has 1 aliphatic carbocycles. The van der Waals surface area contributed by atoms with Gasteiger partial charge >= 0.3 is 0 Å². The molecule has 52 heavy (non-hydrogen) atoms. The van der Waals surface area contributed by atoms with Crippen molar-refractivity contribution < 1.29 is 18.9 Å². The molecule has 4 aromatic rings. The van der Waals surface area contributed by atoms with Crippen molar-refractivity contribution in [1.29, 1.82) is 5.26 Å². The number of nitrogens with zero attached hydrogens (tertiary/aromatic N) is 5. The third-order valence-electron chi connectivity index (χ3n) is 8.87. The Bertz CT molecular complexity index is 2000. The number of epoxide rings is 2. The summed E-state index contributed by atoms with van der Waals surface area (Å²) >= 11 is 0. The first-order valence-corrected chi connectivity index (χ1v) is 17.3. The van der Waals surface area contributed by atoms with Crippen molar-refractivity contribution in [2.24, 2.45) is 15.6 Å². The van der Waals surface area contributed by atoms with Crippen LogP contribution in [0.25, 0.3) is 10.9 Å². The molecule has 2 unspecified atom stereocenters. The van der Waals surface area contributed by atoms with Gasteiger partial charge in [0.15, 0.2) is 0 Å². The Morgan fingerprint density at radius 2 is 1.27 bits per heavy atom. The van der Waals surface area contributed by atoms with Crippen LogP contribution in [0.3, 0.4) is 0 Å². The van der Waals surface area contributed by atoms with Gasteiger partial charge in [0.05, 0.1) is 37.2 Å². The average molecular weight is 690 g/mol. The van der Waals surface area contributed by atoms with E-state index < -0.39 is 0 Å². The molecule has 2 heterocycles. The molecular weight excluding hydrogens is 651 g/mol. The molecule has 0 amide bonds. The van der Waals surface area contributed by atoms with E-state index in [1.165, 1.54) is 0 Å². The summed E-state index contributed by atoms with van der Waals surface area (Å²) < 4.78 is 22.3. The zero-order chi connectivity index (χ0) is 35.9. The van der Waals surface area contributed by atoms with Crippen molar-refractivity contribution in [3.63, 3.8) is 0 Å². The van der Waals surface area contributed by atoms with Crippen molar-refractivity contribution in [2.45, 2.75) is 38.9 Å². The van der Waals surface area contributed by atoms with E-state index in [0.717, 1.165) is 82.7 Å². The smallest absolute Gasteiger partial charge is 0.265 e. The predicted octanol–water partition coefficient (Wildman–Crippen LogP) is 10.6. The molecule has 9 heteroatoms. The molecule has 0 spiro atoms. The van der Waals surface area contributed by atoms with E-state index >= 15 is 0 Å². The number of anilines is 3. The fourth-order valence-corrected chi connectivity index (χ4v) is 6.06. The van der Waals surface area contributed by atoms with Crippen molar-refractivity contribution >= 4 is 34.5 Å². The average Bonchev–Trinajstić information content (AvgIpc) is 4.10. The van der Waals surface area contributed by atoms with Crippen LogP contribution in [0.15, 0.2) is 136 Å². The second-order valence-corrected chi connectivity index (χ2v) is 13.8. The monoisotopic (exact) mass is 689 g/mol. The van der Waals surface area contributed by atoms with Gasteiger partial charge in [0.2, 0.25) is 0 Å². The molecule has 3 aliphatic rings. The molecule has 0 saturated carbocycles. The van der Waals surface area contributed by atoms with Crippen LogP contribution in [0.2, 0.25) is 0 Å². The SMILES string of the molecule is [C-]#[N+]/C(C#N)=C1C=C(/C=C/c2ccc(/N=N/c3ccc(N(c4ccc(OCC5CO5)cc4)c4ccc(OCC5CO5)cc4)cc3)cc2)CC(C)(C)C\1. The maximum absolute atomic E-state index is 9.38. The molecule has 0 aromatic heterocycles. The second kappa shape index (κ2) is 15.5. The van der Waals surface area contributed by atoms with Crippen LogP contribution in [-0.2, 0) is 9.47 Å². The number of benzene rings is 4. The zero-order valence-electron chi connectivity index (χ0n) is 29.2. The lowest BCUT2D eigenvalue weighted by Crippen LogP contribution is -2.17. The number of hydrogen-bond donors (Lipinski definition) is 0. The maximum atomic E-state index is 9.38. The van der Waals surface area contributed by atoms with E-state index in [0.29, 0.717) is 13.2 Å². The van der Waals surface area contributed by atoms with Crippen molar-refractivity contribution in [3.8, 4) is 17.6 Å². The lowest BCUT2D eigenvalue weighted by atomic mass is 9.74. The van der Waals surface area contributed by atoms with Crippen LogP contribution in [0, 0.1) is 23.3 Å². The molecule has 0 N–H and O–H groups in total. The van der Waals surface area contributed by atoms with Gasteiger partial charge in [-0.3, -0.25) is 0 Å². The highest BCUT2D eigenvalue weighted by atomic mass is 16.6. The Morgan fingerprint density at radius 1 is 0.788 bits per heavy atom. The topological polar surface area (TPSA) is 99.6 Å². The molecule has 2 aliphatic heterocycles. The number of nitriles is 1. The number of hydrogen-bond acceptors (Lipinski definition) is 8. The predicted molar refractivity (Wildman–Crippen MR) is 202 cm³/mol. The van der Waals surface area contributed by atoms with E-state index in [1.807, 2.05) is 115 Å². The van der Waals surface area contributed by atoms with Crippen LogP contribution in [0.4, 0.5) is 28.4 Å². The van der Waals surface area contributed by atoms with Crippen molar-refractivity contribution in [1.82, 2.24) is 0 Å². The molecule has 4 aromatic carbocycles. The summed E-state index contributed by atoms with van der Waals surface area (Å²) in [6.07, 6.45) is 8.10. The number of azo groups is 1. The molecule has 260 valence electrons. The third kappa shape index (κ3) is 9.21. The van der Waals surface area contributed by atoms with E-state index in [2.05, 4.69) is 39.9 Å². The molecule has 2 fully saturated rings. The highest BCUT2D eigenvalue weighted by Crippen LogP contribution is 2.40. The third-order valence-corrected chi connectivity index (χ3v) is 8.87. The molecule has 2 saturated heterocycles. The number of rotatable bonds is 13. The molecule has 9 nitrogen and oxygen atoms in total. The first-order valence-electron chi connectivity index (χ1n) is 17.3. The van der Waals surface area contributed by atoms with E-state index in [-0.39, 0.29) is 23.3 Å². The van der Waals surface area contributed by atoms with Gasteiger partial charge in [-0.1, -0.05) is 44.2 Å². The highest BCUT2D eigenvalue weighted by Gasteiger charge is 2.27. The van der Waals surface area contributed by atoms with Gasteiger partial charge in [-0.25, -0.2) is 10.1 Å². The highest BCUT2D eigenvalue weighted by molar-refractivity contribution is 5.77. The number of allylic oxidation sites excluding steroid dienone is 5. The number of ether oxygens (including phenoxy) is 4. The summed E-state index contributed by atoms with van der Waals surface area (Å²) in [6, 6.07) is 34.0. The fraction of sp³-hybridized carbons (Fsp3) is 0.256. The maximum Gasteiger partial charge on any atom is 0.265 e. The lowest BCUT2D eigenvalue weighted by molar-refractivity contribution is 0.263. The summed E-state index contributed by atoms with van der Waals surface area (Å²) in [4.78, 5) is 5.60. The molecular formula is C43H39N5O4. The molecule has 0 bridgehead atoms. The van der Waals surface area contributed by atoms with Gasteiger partial charge < -0.3 is 23.8 Å². The Morgan fingerprint density at radius 3 is 1.73 bits per heavy atom. The van der Waals surface area contributed by atoms with Crippen LogP contribution in [0.1, 0.15) is 32.3 Å². The van der Waals surface area contributed by atoms with E-state index in [1.54, 1.807) is 0 Å². The van der Waals surface area contributed by atoms with Gasteiger partial charge in [0.25, 0.3) is 5.70 Å². The van der Waals surface area contributed by atoms with E-state index in [9.17, 15) is 5.26 Å². The summed E-state index contributed by atoms with van der Waals surface area (Å²) in [5.41, 5.74) is 7.49. The Kier molecular flexibility index (Phi) is 10.3. The van der Waals surface area contributed by atoms with Gasteiger partial charge in [-0.05, 0) is 120 Å². The van der Waals surface area contributed by atoms with Gasteiger partial charge in [0, 0.05) is 17.1 Å². The molecule has 7 rings (SSSR count). The summed E-state index contributed by atoms with van der Waals surface area (Å²) in [5.74, 6) is 1.60. The fourth-order valence-electron chi connectivity index (χ4n) is 6.06. The Labute approximate surface area is 304 Å². The quantitative estimate of drug-likeness (QED) is 0.0599. The van der Waals surface area contributed by atoms with Crippen molar-refractivity contribution in [2.75, 3.05) is 31.3 Å². The van der Waals surface area contributed by atoms with Crippen LogP contribution in [-0.4, -0.2) is 38.6 Å². The Hall–Kier alpha value is -6.00. The zero-order valence-corrected chi connectivity index (χ0v) is 29.2. The van der Waals surface area contributed by atoms with E-state index in [4.69, 9.17) is 25.5 Å². The van der Waals surface area contributed by atoms with Crippen LogP contribution in [0.5, 0.6) is 11.5 Å². The molecule has 2 atom stereocenters. The van der Waals surface area contributed by atoms with Crippen LogP contribution < -0.4 is 14.4 Å². The summed E-state index contributed by atoms with van der Waals surface area (Å²) in [5, 5.41) is 18.4. The van der Waals surface area contributed by atoms with Gasteiger partial charge in [0.1, 0.15) is 36.9 Å². The van der Waals surface area contributed by atoms with Gasteiger partial charge in [-0.2, -0.15) is 10.2 Å². The standard InChI is InChI=1S/C43H39N5O4/c1-43(2)23-31(22-32(24-43)42(25-44)45-3)5-4-30-6-8-33(9-7-30)46-47-34-10-12-35(13-11-34)48(36-14-18-38(19-15-36)49-26-40-28-51-40)37-16-20-39(21-17-37)50-27-41-29-52-41/h4-22,40-41H,23-24,26-29H2,1-2H3/b5-4+,42-32+,47-46+.